The van der Waals surface area contributed by atoms with Crippen LogP contribution in [0.5, 0.6) is 0 Å². The average molecular weight is 283 g/mol. The van der Waals surface area contributed by atoms with Gasteiger partial charge < -0.3 is 15.5 Å². The topological polar surface area (TPSA) is 104 Å². The van der Waals surface area contributed by atoms with Crippen LogP contribution in [0.4, 0.5) is 0 Å². The molecule has 1 rings (SSSR count). The van der Waals surface area contributed by atoms with Crippen molar-refractivity contribution in [2.24, 2.45) is 0 Å². The normalized spacial score (nSPS) is 13.8. The molecule has 0 aromatic carbocycles. The summed E-state index contributed by atoms with van der Waals surface area (Å²) in [4.78, 5) is 22.6. The molecule has 0 bridgehead atoms. The second-order valence-corrected chi connectivity index (χ2v) is 4.94. The Balaban J connectivity index is 2.72. The van der Waals surface area contributed by atoms with Gasteiger partial charge in [0.1, 0.15) is 5.69 Å². The lowest BCUT2D eigenvalue weighted by Crippen LogP contribution is -2.42. The van der Waals surface area contributed by atoms with Gasteiger partial charge in [-0.2, -0.15) is 5.10 Å². The summed E-state index contributed by atoms with van der Waals surface area (Å²) in [5, 5.41) is 25.3. The standard InChI is InChI=1S/C13H21N3O4/c1-4-9-6-10(16(5-2)15-9)12(19)14-8-13(3,20)7-11(17)18/h6,20H,4-5,7-8H2,1-3H3,(H,14,19)(H,17,18). The zero-order valence-corrected chi connectivity index (χ0v) is 12.0. The molecule has 1 heterocycles. The van der Waals surface area contributed by atoms with Gasteiger partial charge in [-0.1, -0.05) is 6.92 Å². The molecule has 0 aliphatic carbocycles. The van der Waals surface area contributed by atoms with Crippen molar-refractivity contribution in [3.05, 3.63) is 17.5 Å². The first-order valence-electron chi connectivity index (χ1n) is 6.58. The number of aliphatic hydroxyl groups is 1. The number of amides is 1. The van der Waals surface area contributed by atoms with Crippen LogP contribution in [0.2, 0.25) is 0 Å². The molecule has 0 spiro atoms. The van der Waals surface area contributed by atoms with Crippen molar-refractivity contribution < 1.29 is 19.8 Å². The number of hydrogen-bond acceptors (Lipinski definition) is 4. The Kier molecular flexibility index (Phi) is 5.26. The molecule has 0 fully saturated rings. The number of aryl methyl sites for hydroxylation is 2. The summed E-state index contributed by atoms with van der Waals surface area (Å²) in [5.74, 6) is -1.49. The summed E-state index contributed by atoms with van der Waals surface area (Å²) in [5.41, 5.74) is -0.253. The van der Waals surface area contributed by atoms with Crippen molar-refractivity contribution in [1.29, 1.82) is 0 Å². The Labute approximate surface area is 117 Å². The first-order chi connectivity index (χ1) is 9.29. The number of carbonyl (C=O) groups is 2. The predicted molar refractivity (Wildman–Crippen MR) is 72.5 cm³/mol. The van der Waals surface area contributed by atoms with Crippen molar-refractivity contribution in [1.82, 2.24) is 15.1 Å². The summed E-state index contributed by atoms with van der Waals surface area (Å²) in [6.45, 7) is 5.63. The number of carboxylic acid groups (broad SMARTS) is 1. The van der Waals surface area contributed by atoms with Crippen molar-refractivity contribution >= 4 is 11.9 Å². The van der Waals surface area contributed by atoms with E-state index in [9.17, 15) is 14.7 Å². The van der Waals surface area contributed by atoms with Gasteiger partial charge in [0, 0.05) is 13.1 Å². The second kappa shape index (κ2) is 6.51. The Morgan fingerprint density at radius 2 is 2.10 bits per heavy atom. The molecule has 1 aromatic heterocycles. The number of aliphatic carboxylic acids is 1. The van der Waals surface area contributed by atoms with Crippen LogP contribution in [0, 0.1) is 0 Å². The summed E-state index contributed by atoms with van der Waals surface area (Å²) in [6.07, 6.45) is 0.296. The van der Waals surface area contributed by atoms with Gasteiger partial charge in [0.15, 0.2) is 0 Å². The van der Waals surface area contributed by atoms with E-state index in [1.54, 1.807) is 10.7 Å². The fraction of sp³-hybridized carbons (Fsp3) is 0.615. The maximum atomic E-state index is 12.1. The minimum absolute atomic E-state index is 0.130. The van der Waals surface area contributed by atoms with E-state index in [2.05, 4.69) is 10.4 Å². The van der Waals surface area contributed by atoms with Crippen LogP contribution >= 0.6 is 0 Å². The van der Waals surface area contributed by atoms with E-state index in [0.29, 0.717) is 12.2 Å². The van der Waals surface area contributed by atoms with Crippen LogP contribution in [0.25, 0.3) is 0 Å². The van der Waals surface area contributed by atoms with E-state index in [1.807, 2.05) is 13.8 Å². The lowest BCUT2D eigenvalue weighted by molar-refractivity contribution is -0.141. The molecule has 3 N–H and O–H groups in total. The Morgan fingerprint density at radius 1 is 1.45 bits per heavy atom. The van der Waals surface area contributed by atoms with Gasteiger partial charge in [-0.3, -0.25) is 14.3 Å². The van der Waals surface area contributed by atoms with Gasteiger partial charge in [-0.25, -0.2) is 0 Å². The fourth-order valence-electron chi connectivity index (χ4n) is 1.82. The molecule has 7 heteroatoms. The Morgan fingerprint density at radius 3 is 2.60 bits per heavy atom. The first kappa shape index (κ1) is 16.2. The molecule has 1 amide bonds. The molecule has 20 heavy (non-hydrogen) atoms. The highest BCUT2D eigenvalue weighted by Crippen LogP contribution is 2.09. The highest BCUT2D eigenvalue weighted by atomic mass is 16.4. The molecule has 0 aliphatic heterocycles. The van der Waals surface area contributed by atoms with Crippen molar-refractivity contribution in [3.63, 3.8) is 0 Å². The third-order valence-corrected chi connectivity index (χ3v) is 2.89. The highest BCUT2D eigenvalue weighted by Gasteiger charge is 2.25. The summed E-state index contributed by atoms with van der Waals surface area (Å²) < 4.78 is 1.58. The minimum atomic E-state index is -1.48. The summed E-state index contributed by atoms with van der Waals surface area (Å²) in [6, 6.07) is 1.70. The van der Waals surface area contributed by atoms with E-state index >= 15 is 0 Å². The van der Waals surface area contributed by atoms with E-state index in [1.165, 1.54) is 6.92 Å². The monoisotopic (exact) mass is 283 g/mol. The van der Waals surface area contributed by atoms with E-state index in [0.717, 1.165) is 12.1 Å². The van der Waals surface area contributed by atoms with Gasteiger partial charge in [-0.15, -0.1) is 0 Å². The van der Waals surface area contributed by atoms with Crippen LogP contribution in [0.15, 0.2) is 6.07 Å². The first-order valence-corrected chi connectivity index (χ1v) is 6.58. The predicted octanol–water partition coefficient (Wildman–Crippen LogP) is 0.421. The highest BCUT2D eigenvalue weighted by molar-refractivity contribution is 5.92. The molecule has 7 nitrogen and oxygen atoms in total. The van der Waals surface area contributed by atoms with Crippen LogP contribution < -0.4 is 5.32 Å². The zero-order chi connectivity index (χ0) is 15.3. The minimum Gasteiger partial charge on any atom is -0.481 e. The van der Waals surface area contributed by atoms with Crippen molar-refractivity contribution in [3.8, 4) is 0 Å². The number of nitrogens with zero attached hydrogens (tertiary/aromatic N) is 2. The molecule has 0 saturated heterocycles. The van der Waals surface area contributed by atoms with E-state index in [-0.39, 0.29) is 12.5 Å². The van der Waals surface area contributed by atoms with Crippen molar-refractivity contribution in [2.45, 2.75) is 45.8 Å². The molecule has 1 atom stereocenters. The number of carbonyl (C=O) groups excluding carboxylic acids is 1. The van der Waals surface area contributed by atoms with Crippen LogP contribution in [0.3, 0.4) is 0 Å². The van der Waals surface area contributed by atoms with Crippen LogP contribution in [-0.4, -0.2) is 44.0 Å². The molecule has 1 aromatic rings. The quantitative estimate of drug-likeness (QED) is 0.672. The SMILES string of the molecule is CCc1cc(C(=O)NCC(C)(O)CC(=O)O)n(CC)n1. The number of carboxylic acids is 1. The van der Waals surface area contributed by atoms with Gasteiger partial charge >= 0.3 is 5.97 Å². The maximum Gasteiger partial charge on any atom is 0.306 e. The average Bonchev–Trinajstić information content (AvgIpc) is 2.77. The Hall–Kier alpha value is -1.89. The third-order valence-electron chi connectivity index (χ3n) is 2.89. The molecule has 0 radical (unpaired) electrons. The largest absolute Gasteiger partial charge is 0.481 e. The number of rotatable bonds is 7. The maximum absolute atomic E-state index is 12.1. The Bertz CT molecular complexity index is 494. The molecule has 112 valence electrons. The molecule has 0 saturated carbocycles. The number of nitrogens with one attached hydrogen (secondary N) is 1. The smallest absolute Gasteiger partial charge is 0.306 e. The van der Waals surface area contributed by atoms with E-state index < -0.39 is 18.0 Å². The molecular formula is C13H21N3O4. The molecular weight excluding hydrogens is 262 g/mol. The fourth-order valence-corrected chi connectivity index (χ4v) is 1.82. The van der Waals surface area contributed by atoms with Gasteiger partial charge in [-0.05, 0) is 26.3 Å². The van der Waals surface area contributed by atoms with E-state index in [4.69, 9.17) is 5.11 Å². The summed E-state index contributed by atoms with van der Waals surface area (Å²) >= 11 is 0. The van der Waals surface area contributed by atoms with Crippen LogP contribution in [-0.2, 0) is 17.8 Å². The van der Waals surface area contributed by atoms with Crippen molar-refractivity contribution in [2.75, 3.05) is 6.54 Å². The molecule has 1 unspecified atom stereocenters. The lowest BCUT2D eigenvalue weighted by atomic mass is 10.0. The van der Waals surface area contributed by atoms with Gasteiger partial charge in [0.25, 0.3) is 5.91 Å². The van der Waals surface area contributed by atoms with Gasteiger partial charge in [0.2, 0.25) is 0 Å². The molecule has 0 aliphatic rings. The number of aromatic nitrogens is 2. The second-order valence-electron chi connectivity index (χ2n) is 4.94. The number of hydrogen-bond donors (Lipinski definition) is 3. The lowest BCUT2D eigenvalue weighted by Gasteiger charge is -2.21. The summed E-state index contributed by atoms with van der Waals surface area (Å²) in [7, 11) is 0. The van der Waals surface area contributed by atoms with Crippen LogP contribution in [0.1, 0.15) is 43.4 Å². The zero-order valence-electron chi connectivity index (χ0n) is 12.0. The van der Waals surface area contributed by atoms with Gasteiger partial charge in [0.05, 0.1) is 17.7 Å². The third kappa shape index (κ3) is 4.34.